The van der Waals surface area contributed by atoms with E-state index in [1.165, 1.54) is 0 Å². The van der Waals surface area contributed by atoms with Crippen molar-refractivity contribution in [1.82, 2.24) is 16.0 Å². The van der Waals surface area contributed by atoms with Crippen LogP contribution in [0.1, 0.15) is 93.9 Å². The van der Waals surface area contributed by atoms with E-state index in [4.69, 9.17) is 33.7 Å². The highest BCUT2D eigenvalue weighted by atomic mass is 35.5. The van der Waals surface area contributed by atoms with E-state index in [0.717, 1.165) is 42.7 Å². The normalized spacial score (nSPS) is 14.7. The first-order valence-corrected chi connectivity index (χ1v) is 17.7. The molecule has 2 aromatic rings. The van der Waals surface area contributed by atoms with Gasteiger partial charge in [-0.3, -0.25) is 19.2 Å². The Morgan fingerprint density at radius 3 is 1.57 bits per heavy atom. The molecule has 51 heavy (non-hydrogen) atoms. The van der Waals surface area contributed by atoms with Gasteiger partial charge in [0.25, 0.3) is 11.8 Å². The lowest BCUT2D eigenvalue weighted by Gasteiger charge is -2.20. The number of halogens is 2. The summed E-state index contributed by atoms with van der Waals surface area (Å²) < 4.78 is 5.13. The van der Waals surface area contributed by atoms with E-state index in [1.807, 2.05) is 6.92 Å². The van der Waals surface area contributed by atoms with Crippen molar-refractivity contribution in [3.63, 3.8) is 0 Å². The zero-order valence-electron chi connectivity index (χ0n) is 29.8. The predicted molar refractivity (Wildman–Crippen MR) is 201 cm³/mol. The highest BCUT2D eigenvalue weighted by Gasteiger charge is 2.20. The second-order valence-electron chi connectivity index (χ2n) is 13.1. The van der Waals surface area contributed by atoms with Crippen molar-refractivity contribution >= 4 is 64.1 Å². The number of alkyl carbamates (subject to hydrolysis) is 1. The molecule has 0 unspecified atom stereocenters. The van der Waals surface area contributed by atoms with E-state index in [2.05, 4.69) is 26.6 Å². The summed E-state index contributed by atoms with van der Waals surface area (Å²) in [5.74, 6) is -0.209. The summed E-state index contributed by atoms with van der Waals surface area (Å²) in [5.41, 5.74) is 10.1. The third kappa shape index (κ3) is 13.0. The van der Waals surface area contributed by atoms with Crippen molar-refractivity contribution in [3.05, 3.63) is 80.1 Å². The van der Waals surface area contributed by atoms with Crippen molar-refractivity contribution in [1.29, 1.82) is 0 Å². The zero-order chi connectivity index (χ0) is 37.7. The Morgan fingerprint density at radius 1 is 0.706 bits per heavy atom. The number of hydrogen-bond acceptors (Lipinski definition) is 9. The number of nitrogens with two attached hydrogens (primary N) is 1. The smallest absolute Gasteiger partial charge is 0.407 e. The first kappa shape index (κ1) is 41.0. The molecular formula is C37H48Cl2N6O6. The largest absolute Gasteiger partial charge is 0.444 e. The Morgan fingerprint density at radius 2 is 1.14 bits per heavy atom. The number of amides is 3. The number of rotatable bonds is 11. The number of Topliss-reactive ketones (excluding diaryl/α,β-unsaturated/α-hetero) is 2. The average molecular weight is 744 g/mol. The first-order valence-electron chi connectivity index (χ1n) is 16.9. The molecule has 0 atom stereocenters. The number of benzene rings is 2. The lowest BCUT2D eigenvalue weighted by Crippen LogP contribution is -2.37. The monoisotopic (exact) mass is 742 g/mol. The number of hydrogen-bond donors (Lipinski definition) is 6. The maximum absolute atomic E-state index is 12.4. The SMILES string of the molecule is CC1=C(Nc2cc(C(=O)NCCN)ccc2Cl)CCCC1=O.CC1=C(Nc2cc(C(=O)NCCNC(=O)OC(C)(C)C)ccc2Cl)CCCC1=O. The van der Waals surface area contributed by atoms with Gasteiger partial charge in [0.1, 0.15) is 5.60 Å². The van der Waals surface area contributed by atoms with E-state index in [1.54, 1.807) is 64.1 Å². The highest BCUT2D eigenvalue weighted by molar-refractivity contribution is 6.33. The van der Waals surface area contributed by atoms with E-state index in [9.17, 15) is 24.0 Å². The van der Waals surface area contributed by atoms with Crippen molar-refractivity contribution < 1.29 is 28.7 Å². The van der Waals surface area contributed by atoms with Crippen LogP contribution in [-0.4, -0.2) is 61.3 Å². The summed E-state index contributed by atoms with van der Waals surface area (Å²) in [7, 11) is 0. The number of anilines is 2. The van der Waals surface area contributed by atoms with Gasteiger partial charge in [-0.25, -0.2) is 4.79 Å². The van der Waals surface area contributed by atoms with E-state index < -0.39 is 11.7 Å². The Labute approximate surface area is 309 Å². The number of allylic oxidation sites excluding steroid dienone is 4. The van der Waals surface area contributed by atoms with Crippen molar-refractivity contribution in [2.75, 3.05) is 36.8 Å². The molecule has 0 heterocycles. The molecule has 0 bridgehead atoms. The Bertz CT molecular complexity index is 1700. The number of ether oxygens (including phenoxy) is 1. The molecule has 2 aromatic carbocycles. The topological polar surface area (TPSA) is 181 Å². The van der Waals surface area contributed by atoms with Crippen LogP contribution in [0.5, 0.6) is 0 Å². The molecule has 0 spiro atoms. The van der Waals surface area contributed by atoms with Gasteiger partial charge >= 0.3 is 6.09 Å². The summed E-state index contributed by atoms with van der Waals surface area (Å²) in [5, 5.41) is 15.4. The molecule has 0 saturated heterocycles. The number of ketones is 2. The van der Waals surface area contributed by atoms with E-state index in [0.29, 0.717) is 64.1 Å². The number of carbonyl (C=O) groups is 5. The maximum atomic E-state index is 12.4. The van der Waals surface area contributed by atoms with E-state index >= 15 is 0 Å². The van der Waals surface area contributed by atoms with E-state index in [-0.39, 0.29) is 36.5 Å². The average Bonchev–Trinajstić information content (AvgIpc) is 3.07. The van der Waals surface area contributed by atoms with Crippen LogP contribution in [0.3, 0.4) is 0 Å². The second kappa shape index (κ2) is 19.3. The molecule has 0 fully saturated rings. The molecule has 12 nitrogen and oxygen atoms in total. The van der Waals surface area contributed by atoms with Gasteiger partial charge in [0.05, 0.1) is 21.4 Å². The van der Waals surface area contributed by atoms with Crippen LogP contribution in [0.15, 0.2) is 58.9 Å². The fourth-order valence-corrected chi connectivity index (χ4v) is 5.47. The summed E-state index contributed by atoms with van der Waals surface area (Å²) in [6.07, 6.45) is 3.80. The third-order valence-electron chi connectivity index (χ3n) is 7.94. The molecular weight excluding hydrogens is 695 g/mol. The minimum atomic E-state index is -0.573. The fourth-order valence-electron chi connectivity index (χ4n) is 5.14. The number of nitrogens with one attached hydrogen (secondary N) is 5. The Hall–Kier alpha value is -4.39. The minimum Gasteiger partial charge on any atom is -0.444 e. The highest BCUT2D eigenvalue weighted by Crippen LogP contribution is 2.30. The van der Waals surface area contributed by atoms with Crippen LogP contribution in [-0.2, 0) is 14.3 Å². The molecule has 3 amide bonds. The van der Waals surface area contributed by atoms with Crippen LogP contribution >= 0.6 is 23.2 Å². The second-order valence-corrected chi connectivity index (χ2v) is 13.9. The minimum absolute atomic E-state index is 0.126. The molecule has 276 valence electrons. The van der Waals surface area contributed by atoms with Gasteiger partial charge in [0.15, 0.2) is 11.6 Å². The van der Waals surface area contributed by atoms with Gasteiger partial charge < -0.3 is 37.1 Å². The molecule has 0 aliphatic heterocycles. The standard InChI is InChI=1S/C21H28ClN3O4.C16H20ClN3O2/c1-13-16(6-5-7-18(13)26)25-17-12-14(8-9-15(17)22)19(27)23-10-11-24-20(28)29-21(2,3)4;1-10-13(3-2-4-15(10)21)20-14-9-11(5-6-12(14)17)16(22)19-8-7-18/h8-9,12,25H,5-7,10-11H2,1-4H3,(H,23,27)(H,24,28);5-6,9,20H,2-4,7-8,18H2,1H3,(H,19,22). The molecule has 14 heteroatoms. The maximum Gasteiger partial charge on any atom is 0.407 e. The molecule has 7 N–H and O–H groups in total. The fraction of sp³-hybridized carbons (Fsp3) is 0.432. The third-order valence-corrected chi connectivity index (χ3v) is 8.60. The Balaban J connectivity index is 0.000000286. The summed E-state index contributed by atoms with van der Waals surface area (Å²) in [6.45, 7) is 10.3. The first-order chi connectivity index (χ1) is 24.1. The molecule has 0 aromatic heterocycles. The van der Waals surface area contributed by atoms with Crippen molar-refractivity contribution in [2.24, 2.45) is 5.73 Å². The summed E-state index contributed by atoms with van der Waals surface area (Å²) in [4.78, 5) is 59.6. The molecule has 2 aliphatic rings. The summed E-state index contributed by atoms with van der Waals surface area (Å²) in [6, 6.07) is 9.93. The van der Waals surface area contributed by atoms with Gasteiger partial charge in [0, 0.05) is 72.7 Å². The summed E-state index contributed by atoms with van der Waals surface area (Å²) >= 11 is 12.4. The van der Waals surface area contributed by atoms with Gasteiger partial charge in [-0.05, 0) is 96.7 Å². The van der Waals surface area contributed by atoms with Gasteiger partial charge in [-0.2, -0.15) is 0 Å². The van der Waals surface area contributed by atoms with Crippen LogP contribution in [0, 0.1) is 0 Å². The Kier molecular flexibility index (Phi) is 15.5. The molecule has 0 saturated carbocycles. The zero-order valence-corrected chi connectivity index (χ0v) is 31.3. The van der Waals surface area contributed by atoms with Gasteiger partial charge in [-0.1, -0.05) is 23.2 Å². The van der Waals surface area contributed by atoms with Crippen molar-refractivity contribution in [2.45, 2.75) is 78.7 Å². The lowest BCUT2D eigenvalue weighted by atomic mass is 9.96. The molecule has 4 rings (SSSR count). The van der Waals surface area contributed by atoms with Gasteiger partial charge in [0.2, 0.25) is 0 Å². The predicted octanol–water partition coefficient (Wildman–Crippen LogP) is 6.50. The van der Waals surface area contributed by atoms with Crippen LogP contribution < -0.4 is 32.3 Å². The van der Waals surface area contributed by atoms with Gasteiger partial charge in [-0.15, -0.1) is 0 Å². The quantitative estimate of drug-likeness (QED) is 0.140. The number of carbonyl (C=O) groups excluding carboxylic acids is 5. The van der Waals surface area contributed by atoms with Crippen molar-refractivity contribution in [3.8, 4) is 0 Å². The van der Waals surface area contributed by atoms with Crippen LogP contribution in [0.25, 0.3) is 0 Å². The molecule has 0 radical (unpaired) electrons. The van der Waals surface area contributed by atoms with Crippen LogP contribution in [0.4, 0.5) is 16.2 Å². The van der Waals surface area contributed by atoms with Crippen LogP contribution in [0.2, 0.25) is 10.0 Å². The molecule has 2 aliphatic carbocycles. The lowest BCUT2D eigenvalue weighted by molar-refractivity contribution is -0.116.